The van der Waals surface area contributed by atoms with Crippen LogP contribution in [-0.4, -0.2) is 77.9 Å². The standard InChI is InChI=1S/C19H30N4O4/c1-14(2)23-16(6-7-20-23)18-15(5-4-11-27-18)19(25)22-9-8-21(10-12-26-3)17(24)13-22/h6-7,14-15,18H,4-5,8-13H2,1-3H3/t15-,18-/m1/s1. The highest BCUT2D eigenvalue weighted by Gasteiger charge is 2.39. The molecule has 0 spiro atoms. The number of piperazine rings is 1. The molecule has 0 bridgehead atoms. The number of ether oxygens (including phenoxy) is 2. The van der Waals surface area contributed by atoms with Crippen LogP contribution >= 0.6 is 0 Å². The minimum Gasteiger partial charge on any atom is -0.383 e. The lowest BCUT2D eigenvalue weighted by molar-refractivity contribution is -0.154. The van der Waals surface area contributed by atoms with E-state index in [0.29, 0.717) is 32.8 Å². The summed E-state index contributed by atoms with van der Waals surface area (Å²) in [6.45, 7) is 7.09. The van der Waals surface area contributed by atoms with Gasteiger partial charge in [-0.3, -0.25) is 14.3 Å². The van der Waals surface area contributed by atoms with E-state index >= 15 is 0 Å². The van der Waals surface area contributed by atoms with Gasteiger partial charge in [0.25, 0.3) is 0 Å². The molecule has 2 saturated heterocycles. The predicted octanol–water partition coefficient (Wildman–Crippen LogP) is 1.25. The molecule has 0 unspecified atom stereocenters. The van der Waals surface area contributed by atoms with E-state index in [0.717, 1.165) is 18.5 Å². The summed E-state index contributed by atoms with van der Waals surface area (Å²) < 4.78 is 13.0. The van der Waals surface area contributed by atoms with E-state index < -0.39 is 0 Å². The molecule has 8 nitrogen and oxygen atoms in total. The van der Waals surface area contributed by atoms with Crippen LogP contribution in [0.25, 0.3) is 0 Å². The summed E-state index contributed by atoms with van der Waals surface area (Å²) in [6.07, 6.45) is 3.07. The molecule has 3 rings (SSSR count). The van der Waals surface area contributed by atoms with Crippen LogP contribution in [-0.2, 0) is 19.1 Å². The van der Waals surface area contributed by atoms with E-state index in [1.807, 2.05) is 10.7 Å². The van der Waals surface area contributed by atoms with Crippen LogP contribution < -0.4 is 0 Å². The fraction of sp³-hybridized carbons (Fsp3) is 0.737. The van der Waals surface area contributed by atoms with Crippen molar-refractivity contribution in [3.05, 3.63) is 18.0 Å². The Balaban J connectivity index is 1.71. The molecular formula is C19H30N4O4. The molecule has 0 aliphatic carbocycles. The third-order valence-electron chi connectivity index (χ3n) is 5.32. The fourth-order valence-electron chi connectivity index (χ4n) is 3.88. The number of carbonyl (C=O) groups excluding carboxylic acids is 2. The molecule has 2 amide bonds. The van der Waals surface area contributed by atoms with Gasteiger partial charge in [0, 0.05) is 45.6 Å². The minimum atomic E-state index is -0.308. The summed E-state index contributed by atoms with van der Waals surface area (Å²) in [5, 5.41) is 4.39. The Kier molecular flexibility index (Phi) is 6.49. The normalized spacial score (nSPS) is 23.9. The molecule has 27 heavy (non-hydrogen) atoms. The van der Waals surface area contributed by atoms with Crippen molar-refractivity contribution in [2.45, 2.75) is 38.8 Å². The van der Waals surface area contributed by atoms with Crippen LogP contribution in [0.4, 0.5) is 0 Å². The molecule has 2 aliphatic rings. The minimum absolute atomic E-state index is 0.0101. The smallest absolute Gasteiger partial charge is 0.242 e. The zero-order valence-corrected chi connectivity index (χ0v) is 16.5. The van der Waals surface area contributed by atoms with E-state index in [2.05, 4.69) is 18.9 Å². The largest absolute Gasteiger partial charge is 0.383 e. The van der Waals surface area contributed by atoms with E-state index in [-0.39, 0.29) is 36.4 Å². The number of carbonyl (C=O) groups is 2. The van der Waals surface area contributed by atoms with Crippen molar-refractivity contribution in [3.8, 4) is 0 Å². The maximum absolute atomic E-state index is 13.2. The van der Waals surface area contributed by atoms with Crippen LogP contribution in [0.5, 0.6) is 0 Å². The van der Waals surface area contributed by atoms with Crippen molar-refractivity contribution in [3.63, 3.8) is 0 Å². The SMILES string of the molecule is COCCN1CCN(C(=O)[C@@H]2CCCO[C@H]2c2ccnn2C(C)C)CC1=O. The molecule has 0 aromatic carbocycles. The number of hydrogen-bond acceptors (Lipinski definition) is 5. The highest BCUT2D eigenvalue weighted by Crippen LogP contribution is 2.36. The first kappa shape index (κ1) is 19.8. The Labute approximate surface area is 160 Å². The van der Waals surface area contributed by atoms with Gasteiger partial charge >= 0.3 is 0 Å². The van der Waals surface area contributed by atoms with Crippen LogP contribution in [0, 0.1) is 5.92 Å². The zero-order valence-electron chi connectivity index (χ0n) is 16.5. The summed E-state index contributed by atoms with van der Waals surface area (Å²) in [7, 11) is 1.62. The fourth-order valence-corrected chi connectivity index (χ4v) is 3.88. The maximum atomic E-state index is 13.2. The van der Waals surface area contributed by atoms with Gasteiger partial charge < -0.3 is 19.3 Å². The molecular weight excluding hydrogens is 348 g/mol. The molecule has 2 atom stereocenters. The molecule has 150 valence electrons. The second kappa shape index (κ2) is 8.84. The summed E-state index contributed by atoms with van der Waals surface area (Å²) in [6, 6.07) is 2.13. The monoisotopic (exact) mass is 378 g/mol. The Morgan fingerprint density at radius 2 is 2.22 bits per heavy atom. The van der Waals surface area contributed by atoms with Gasteiger partial charge in [-0.05, 0) is 32.8 Å². The van der Waals surface area contributed by atoms with Gasteiger partial charge in [0.2, 0.25) is 11.8 Å². The van der Waals surface area contributed by atoms with Crippen molar-refractivity contribution in [2.75, 3.05) is 46.5 Å². The number of hydrogen-bond donors (Lipinski definition) is 0. The van der Waals surface area contributed by atoms with Gasteiger partial charge in [-0.2, -0.15) is 5.10 Å². The molecule has 0 saturated carbocycles. The van der Waals surface area contributed by atoms with E-state index in [9.17, 15) is 9.59 Å². The summed E-state index contributed by atoms with van der Waals surface area (Å²) in [4.78, 5) is 29.1. The van der Waals surface area contributed by atoms with Crippen molar-refractivity contribution in [1.82, 2.24) is 19.6 Å². The van der Waals surface area contributed by atoms with Crippen LogP contribution in [0.3, 0.4) is 0 Å². The van der Waals surface area contributed by atoms with Crippen molar-refractivity contribution < 1.29 is 19.1 Å². The van der Waals surface area contributed by atoms with Crippen molar-refractivity contribution in [1.29, 1.82) is 0 Å². The van der Waals surface area contributed by atoms with Gasteiger partial charge in [0.15, 0.2) is 0 Å². The summed E-state index contributed by atoms with van der Waals surface area (Å²) in [5.74, 6) is -0.283. The van der Waals surface area contributed by atoms with Crippen LogP contribution in [0.15, 0.2) is 12.3 Å². The number of rotatable bonds is 6. The molecule has 1 aromatic rings. The third-order valence-corrected chi connectivity index (χ3v) is 5.32. The van der Waals surface area contributed by atoms with E-state index in [4.69, 9.17) is 9.47 Å². The Morgan fingerprint density at radius 1 is 1.41 bits per heavy atom. The van der Waals surface area contributed by atoms with Crippen LogP contribution in [0.2, 0.25) is 0 Å². The Morgan fingerprint density at radius 3 is 2.93 bits per heavy atom. The Hall–Kier alpha value is -1.93. The quantitative estimate of drug-likeness (QED) is 0.745. The summed E-state index contributed by atoms with van der Waals surface area (Å²) >= 11 is 0. The lowest BCUT2D eigenvalue weighted by Crippen LogP contribution is -2.55. The number of amides is 2. The first-order chi connectivity index (χ1) is 13.0. The van der Waals surface area contributed by atoms with Gasteiger partial charge in [-0.1, -0.05) is 0 Å². The van der Waals surface area contributed by atoms with Gasteiger partial charge in [-0.15, -0.1) is 0 Å². The molecule has 3 heterocycles. The van der Waals surface area contributed by atoms with E-state index in [1.165, 1.54) is 0 Å². The zero-order chi connectivity index (χ0) is 19.4. The van der Waals surface area contributed by atoms with Crippen LogP contribution in [0.1, 0.15) is 44.5 Å². The average Bonchev–Trinajstić information content (AvgIpc) is 3.16. The predicted molar refractivity (Wildman–Crippen MR) is 99.1 cm³/mol. The first-order valence-electron chi connectivity index (χ1n) is 9.73. The van der Waals surface area contributed by atoms with Gasteiger partial charge in [0.1, 0.15) is 6.10 Å². The van der Waals surface area contributed by atoms with Crippen molar-refractivity contribution in [2.24, 2.45) is 5.92 Å². The maximum Gasteiger partial charge on any atom is 0.242 e. The van der Waals surface area contributed by atoms with Gasteiger partial charge in [-0.25, -0.2) is 0 Å². The van der Waals surface area contributed by atoms with Crippen molar-refractivity contribution >= 4 is 11.8 Å². The molecule has 1 aromatic heterocycles. The average molecular weight is 378 g/mol. The molecule has 2 fully saturated rings. The number of methoxy groups -OCH3 is 1. The highest BCUT2D eigenvalue weighted by molar-refractivity contribution is 5.87. The lowest BCUT2D eigenvalue weighted by atomic mass is 9.90. The molecule has 8 heteroatoms. The molecule has 0 radical (unpaired) electrons. The topological polar surface area (TPSA) is 76.9 Å². The molecule has 2 aliphatic heterocycles. The van der Waals surface area contributed by atoms with Gasteiger partial charge in [0.05, 0.1) is 24.8 Å². The lowest BCUT2D eigenvalue weighted by Gasteiger charge is -2.39. The second-order valence-electron chi connectivity index (χ2n) is 7.47. The first-order valence-corrected chi connectivity index (χ1v) is 9.73. The third kappa shape index (κ3) is 4.32. The Bertz CT molecular complexity index is 660. The second-order valence-corrected chi connectivity index (χ2v) is 7.47. The van der Waals surface area contributed by atoms with E-state index in [1.54, 1.807) is 23.1 Å². The number of aromatic nitrogens is 2. The number of nitrogens with zero attached hydrogens (tertiary/aromatic N) is 4. The summed E-state index contributed by atoms with van der Waals surface area (Å²) in [5.41, 5.74) is 0.938. The molecule has 0 N–H and O–H groups in total. The highest BCUT2D eigenvalue weighted by atomic mass is 16.5.